The standard InChI is InChI=1S/C21H21N3O2/c1-14(25)24-11-9-15-12-16(6-7-20(15)24)21(26)22-10-8-17-13-23-19-5-3-2-4-18(17)19/h2-7,12-13,23H,8-11H2,1H3,(H,22,26). The molecule has 1 aromatic heterocycles. The zero-order valence-corrected chi connectivity index (χ0v) is 14.7. The lowest BCUT2D eigenvalue weighted by Gasteiger charge is -2.14. The third-order valence-corrected chi connectivity index (χ3v) is 4.97. The van der Waals surface area contributed by atoms with E-state index in [1.54, 1.807) is 17.9 Å². The number of carbonyl (C=O) groups excluding carboxylic acids is 2. The minimum absolute atomic E-state index is 0.0414. The lowest BCUT2D eigenvalue weighted by molar-refractivity contribution is -0.116. The minimum Gasteiger partial charge on any atom is -0.361 e. The number of rotatable bonds is 4. The summed E-state index contributed by atoms with van der Waals surface area (Å²) >= 11 is 0. The van der Waals surface area contributed by atoms with E-state index >= 15 is 0 Å². The third kappa shape index (κ3) is 2.96. The molecular weight excluding hydrogens is 326 g/mol. The van der Waals surface area contributed by atoms with Crippen LogP contribution in [-0.4, -0.2) is 29.9 Å². The lowest BCUT2D eigenvalue weighted by Crippen LogP contribution is -2.26. The van der Waals surface area contributed by atoms with Crippen LogP contribution in [0, 0.1) is 0 Å². The number of H-pyrrole nitrogens is 1. The normalized spacial score (nSPS) is 13.0. The van der Waals surface area contributed by atoms with E-state index in [4.69, 9.17) is 0 Å². The molecule has 0 spiro atoms. The van der Waals surface area contributed by atoms with Gasteiger partial charge in [-0.25, -0.2) is 0 Å². The molecule has 0 radical (unpaired) electrons. The molecule has 0 aliphatic carbocycles. The molecule has 132 valence electrons. The summed E-state index contributed by atoms with van der Waals surface area (Å²) in [7, 11) is 0. The molecule has 0 unspecified atom stereocenters. The first-order valence-electron chi connectivity index (χ1n) is 8.88. The van der Waals surface area contributed by atoms with Crippen molar-refractivity contribution in [3.63, 3.8) is 0 Å². The Bertz CT molecular complexity index is 990. The summed E-state index contributed by atoms with van der Waals surface area (Å²) in [6.45, 7) is 2.84. The van der Waals surface area contributed by atoms with E-state index in [1.165, 1.54) is 10.9 Å². The Morgan fingerprint density at radius 2 is 2.04 bits per heavy atom. The quantitative estimate of drug-likeness (QED) is 0.762. The molecule has 1 aliphatic heterocycles. The molecule has 0 fully saturated rings. The molecule has 5 nitrogen and oxygen atoms in total. The van der Waals surface area contributed by atoms with Crippen molar-refractivity contribution >= 4 is 28.4 Å². The Morgan fingerprint density at radius 3 is 2.88 bits per heavy atom. The van der Waals surface area contributed by atoms with Gasteiger partial charge in [0.2, 0.25) is 5.91 Å². The molecule has 4 rings (SSSR count). The Hall–Kier alpha value is -3.08. The van der Waals surface area contributed by atoms with Crippen LogP contribution in [-0.2, 0) is 17.6 Å². The molecule has 2 aromatic carbocycles. The van der Waals surface area contributed by atoms with Crippen LogP contribution < -0.4 is 10.2 Å². The Labute approximate surface area is 152 Å². The molecule has 1 aliphatic rings. The molecule has 3 aromatic rings. The highest BCUT2D eigenvalue weighted by Gasteiger charge is 2.23. The number of amides is 2. The fourth-order valence-electron chi connectivity index (χ4n) is 3.62. The predicted octanol–water partition coefficient (Wildman–Crippen LogP) is 3.05. The highest BCUT2D eigenvalue weighted by Crippen LogP contribution is 2.28. The second-order valence-electron chi connectivity index (χ2n) is 6.63. The van der Waals surface area contributed by atoms with Gasteiger partial charge in [0, 0.05) is 48.4 Å². The molecular formula is C21H21N3O2. The van der Waals surface area contributed by atoms with Crippen LogP contribution in [0.4, 0.5) is 5.69 Å². The number of fused-ring (bicyclic) bond motifs is 2. The first kappa shape index (κ1) is 16.4. The summed E-state index contributed by atoms with van der Waals surface area (Å²) < 4.78 is 0. The van der Waals surface area contributed by atoms with Gasteiger partial charge in [0.15, 0.2) is 0 Å². The van der Waals surface area contributed by atoms with Gasteiger partial charge in [0.1, 0.15) is 0 Å². The number of hydrogen-bond acceptors (Lipinski definition) is 2. The molecule has 0 atom stereocenters. The van der Waals surface area contributed by atoms with Gasteiger partial charge in [-0.1, -0.05) is 18.2 Å². The number of nitrogens with zero attached hydrogens (tertiary/aromatic N) is 1. The number of hydrogen-bond donors (Lipinski definition) is 2. The van der Waals surface area contributed by atoms with E-state index in [1.807, 2.05) is 36.5 Å². The first-order valence-corrected chi connectivity index (χ1v) is 8.88. The van der Waals surface area contributed by atoms with Gasteiger partial charge < -0.3 is 15.2 Å². The first-order chi connectivity index (χ1) is 12.6. The van der Waals surface area contributed by atoms with Crippen molar-refractivity contribution < 1.29 is 9.59 Å². The predicted molar refractivity (Wildman–Crippen MR) is 103 cm³/mol. The Balaban J connectivity index is 1.40. The summed E-state index contributed by atoms with van der Waals surface area (Å²) in [5.41, 5.74) is 4.94. The molecule has 0 bridgehead atoms. The van der Waals surface area contributed by atoms with Crippen molar-refractivity contribution in [2.24, 2.45) is 0 Å². The number of aromatic amines is 1. The van der Waals surface area contributed by atoms with Crippen LogP contribution in [0.25, 0.3) is 10.9 Å². The highest BCUT2D eigenvalue weighted by atomic mass is 16.2. The molecule has 5 heteroatoms. The second-order valence-corrected chi connectivity index (χ2v) is 6.63. The van der Waals surface area contributed by atoms with Gasteiger partial charge in [-0.15, -0.1) is 0 Å². The number of aromatic nitrogens is 1. The number of nitrogens with one attached hydrogen (secondary N) is 2. The third-order valence-electron chi connectivity index (χ3n) is 4.97. The van der Waals surface area contributed by atoms with Gasteiger partial charge in [0.05, 0.1) is 0 Å². The summed E-state index contributed by atoms with van der Waals surface area (Å²) in [5.74, 6) is -0.0337. The minimum atomic E-state index is -0.0751. The summed E-state index contributed by atoms with van der Waals surface area (Å²) in [4.78, 5) is 29.1. The van der Waals surface area contributed by atoms with Crippen LogP contribution >= 0.6 is 0 Å². The topological polar surface area (TPSA) is 65.2 Å². The zero-order chi connectivity index (χ0) is 18.1. The molecule has 2 heterocycles. The van der Waals surface area contributed by atoms with Crippen molar-refractivity contribution in [3.8, 4) is 0 Å². The van der Waals surface area contributed by atoms with Crippen molar-refractivity contribution in [3.05, 3.63) is 65.4 Å². The van der Waals surface area contributed by atoms with Gasteiger partial charge in [-0.05, 0) is 48.2 Å². The van der Waals surface area contributed by atoms with Crippen molar-refractivity contribution in [2.45, 2.75) is 19.8 Å². The van der Waals surface area contributed by atoms with Crippen LogP contribution in [0.1, 0.15) is 28.4 Å². The number of benzene rings is 2. The largest absolute Gasteiger partial charge is 0.361 e. The van der Waals surface area contributed by atoms with E-state index in [2.05, 4.69) is 16.4 Å². The molecule has 0 saturated carbocycles. The van der Waals surface area contributed by atoms with Crippen molar-refractivity contribution in [1.82, 2.24) is 10.3 Å². The zero-order valence-electron chi connectivity index (χ0n) is 14.7. The van der Waals surface area contributed by atoms with Gasteiger partial charge in [-0.3, -0.25) is 9.59 Å². The maximum Gasteiger partial charge on any atom is 0.251 e. The second kappa shape index (κ2) is 6.67. The molecule has 0 saturated heterocycles. The Kier molecular flexibility index (Phi) is 4.21. The number of carbonyl (C=O) groups is 2. The summed E-state index contributed by atoms with van der Waals surface area (Å²) in [5, 5.41) is 4.19. The van der Waals surface area contributed by atoms with Crippen molar-refractivity contribution in [1.29, 1.82) is 0 Å². The monoisotopic (exact) mass is 347 g/mol. The average Bonchev–Trinajstić information content (AvgIpc) is 3.25. The SMILES string of the molecule is CC(=O)N1CCc2cc(C(=O)NCCc3c[nH]c4ccccc34)ccc21. The summed E-state index contributed by atoms with van der Waals surface area (Å²) in [6.07, 6.45) is 3.58. The van der Waals surface area contributed by atoms with Gasteiger partial charge in [0.25, 0.3) is 5.91 Å². The fourth-order valence-corrected chi connectivity index (χ4v) is 3.62. The van der Waals surface area contributed by atoms with E-state index in [0.717, 1.165) is 29.6 Å². The van der Waals surface area contributed by atoms with Crippen LogP contribution in [0.2, 0.25) is 0 Å². The molecule has 2 amide bonds. The van der Waals surface area contributed by atoms with Crippen molar-refractivity contribution in [2.75, 3.05) is 18.0 Å². The average molecular weight is 347 g/mol. The van der Waals surface area contributed by atoms with Gasteiger partial charge >= 0.3 is 0 Å². The van der Waals surface area contributed by atoms with E-state index < -0.39 is 0 Å². The Morgan fingerprint density at radius 1 is 1.19 bits per heavy atom. The number of anilines is 1. The smallest absolute Gasteiger partial charge is 0.251 e. The highest BCUT2D eigenvalue weighted by molar-refractivity contribution is 5.97. The van der Waals surface area contributed by atoms with Gasteiger partial charge in [-0.2, -0.15) is 0 Å². The van der Waals surface area contributed by atoms with Crippen LogP contribution in [0.3, 0.4) is 0 Å². The van der Waals surface area contributed by atoms with E-state index in [0.29, 0.717) is 18.7 Å². The van der Waals surface area contributed by atoms with Crippen LogP contribution in [0.5, 0.6) is 0 Å². The molecule has 2 N–H and O–H groups in total. The van der Waals surface area contributed by atoms with E-state index in [-0.39, 0.29) is 11.8 Å². The maximum absolute atomic E-state index is 12.5. The van der Waals surface area contributed by atoms with Crippen LogP contribution in [0.15, 0.2) is 48.7 Å². The maximum atomic E-state index is 12.5. The summed E-state index contributed by atoms with van der Waals surface area (Å²) in [6, 6.07) is 13.7. The van der Waals surface area contributed by atoms with E-state index in [9.17, 15) is 9.59 Å². The molecule has 26 heavy (non-hydrogen) atoms. The lowest BCUT2D eigenvalue weighted by atomic mass is 10.1. The number of para-hydroxylation sites is 1. The fraction of sp³-hybridized carbons (Fsp3) is 0.238.